The Labute approximate surface area is 186 Å². The molecule has 2 aliphatic rings. The molecule has 0 radical (unpaired) electrons. The molecule has 0 amide bonds. The van der Waals surface area contributed by atoms with Crippen molar-refractivity contribution in [1.29, 1.82) is 0 Å². The Kier molecular flexibility index (Phi) is 5.25. The zero-order valence-corrected chi connectivity index (χ0v) is 19.5. The molecule has 1 aromatic carbocycles. The molecule has 2 fully saturated rings. The second-order valence-corrected chi connectivity index (χ2v) is 10.4. The van der Waals surface area contributed by atoms with Crippen molar-refractivity contribution >= 4 is 11.5 Å². The summed E-state index contributed by atoms with van der Waals surface area (Å²) >= 11 is 0. The number of rotatable bonds is 3. The first-order valence-electron chi connectivity index (χ1n) is 12.0. The maximum absolute atomic E-state index is 5.15. The lowest BCUT2D eigenvalue weighted by Crippen LogP contribution is -3.18. The van der Waals surface area contributed by atoms with Crippen LogP contribution in [-0.2, 0) is 5.41 Å². The van der Waals surface area contributed by atoms with Gasteiger partial charge in [0.1, 0.15) is 5.82 Å². The summed E-state index contributed by atoms with van der Waals surface area (Å²) in [4.78, 5) is 9.51. The molecule has 3 aromatic rings. The second kappa shape index (κ2) is 7.94. The summed E-state index contributed by atoms with van der Waals surface area (Å²) in [6.07, 6.45) is 5.68. The molecule has 164 valence electrons. The minimum atomic E-state index is -0.0143. The summed E-state index contributed by atoms with van der Waals surface area (Å²) in [7, 11) is 0. The van der Waals surface area contributed by atoms with Gasteiger partial charge >= 0.3 is 0 Å². The molecule has 0 atom stereocenters. The normalized spacial score (nSPS) is 18.9. The van der Waals surface area contributed by atoms with Crippen molar-refractivity contribution in [3.8, 4) is 11.1 Å². The summed E-state index contributed by atoms with van der Waals surface area (Å²) in [5, 5.41) is 4.99. The first kappa shape index (κ1) is 20.5. The Hall–Kier alpha value is -2.40. The van der Waals surface area contributed by atoms with E-state index in [4.69, 9.17) is 10.1 Å². The minimum Gasteiger partial charge on any atom is -0.345 e. The van der Waals surface area contributed by atoms with Gasteiger partial charge in [0.2, 0.25) is 0 Å². The number of nitrogens with zero attached hydrogens (tertiary/aromatic N) is 4. The predicted molar refractivity (Wildman–Crippen MR) is 127 cm³/mol. The fourth-order valence-electron chi connectivity index (χ4n) is 5.43. The Balaban J connectivity index is 1.56. The molecule has 1 saturated carbocycles. The average molecular weight is 419 g/mol. The van der Waals surface area contributed by atoms with Crippen LogP contribution in [-0.4, -0.2) is 46.8 Å². The zero-order valence-electron chi connectivity index (χ0n) is 19.5. The van der Waals surface area contributed by atoms with E-state index in [9.17, 15) is 0 Å². The number of aromatic nitrogens is 3. The van der Waals surface area contributed by atoms with E-state index >= 15 is 0 Å². The van der Waals surface area contributed by atoms with Gasteiger partial charge in [-0.25, -0.2) is 4.98 Å². The smallest absolute Gasteiger partial charge is 0.165 e. The van der Waals surface area contributed by atoms with Crippen molar-refractivity contribution in [1.82, 2.24) is 14.6 Å². The Morgan fingerprint density at radius 3 is 2.32 bits per heavy atom. The highest BCUT2D eigenvalue weighted by Crippen LogP contribution is 2.33. The summed E-state index contributed by atoms with van der Waals surface area (Å²) in [5.41, 5.74) is 5.49. The summed E-state index contributed by atoms with van der Waals surface area (Å²) in [5.74, 6) is 1.20. The molecule has 5 heteroatoms. The first-order valence-corrected chi connectivity index (χ1v) is 12.0. The monoisotopic (exact) mass is 418 g/mol. The van der Waals surface area contributed by atoms with Crippen LogP contribution in [0.2, 0.25) is 0 Å². The number of hydrogen-bond acceptors (Lipinski definition) is 3. The van der Waals surface area contributed by atoms with Crippen LogP contribution >= 0.6 is 0 Å². The van der Waals surface area contributed by atoms with E-state index in [1.165, 1.54) is 50.2 Å². The van der Waals surface area contributed by atoms with Crippen LogP contribution in [0, 0.1) is 6.92 Å². The molecule has 5 nitrogen and oxygen atoms in total. The van der Waals surface area contributed by atoms with E-state index in [0.29, 0.717) is 0 Å². The van der Waals surface area contributed by atoms with Gasteiger partial charge in [-0.1, -0.05) is 51.1 Å². The summed E-state index contributed by atoms with van der Waals surface area (Å²) < 4.78 is 2.10. The third kappa shape index (κ3) is 3.84. The molecule has 1 aliphatic heterocycles. The number of quaternary nitrogens is 1. The first-order chi connectivity index (χ1) is 14.9. The number of piperazine rings is 1. The van der Waals surface area contributed by atoms with Crippen LogP contribution in [0.3, 0.4) is 0 Å². The fourth-order valence-corrected chi connectivity index (χ4v) is 5.43. The number of anilines is 1. The van der Waals surface area contributed by atoms with Crippen molar-refractivity contribution in [2.75, 3.05) is 31.1 Å². The molecular formula is C26H36N5+. The number of aryl methyl sites for hydroxylation is 1. The highest BCUT2D eigenvalue weighted by molar-refractivity contribution is 5.81. The van der Waals surface area contributed by atoms with Crippen molar-refractivity contribution in [2.45, 2.75) is 64.8 Å². The van der Waals surface area contributed by atoms with Gasteiger partial charge in [-0.05, 0) is 38.2 Å². The molecule has 1 N–H and O–H groups in total. The van der Waals surface area contributed by atoms with E-state index in [1.807, 2.05) is 4.90 Å². The van der Waals surface area contributed by atoms with Crippen LogP contribution in [0.15, 0.2) is 36.4 Å². The van der Waals surface area contributed by atoms with Crippen LogP contribution in [0.25, 0.3) is 16.8 Å². The maximum atomic E-state index is 5.15. The van der Waals surface area contributed by atoms with Gasteiger partial charge in [-0.15, -0.1) is 0 Å². The SMILES string of the molecule is Cc1nn2c(N3CC[NH+](C4CCCC4)CC3)cc(C(C)(C)C)nc2c1-c1ccccc1. The van der Waals surface area contributed by atoms with Gasteiger partial charge in [-0.3, -0.25) is 0 Å². The van der Waals surface area contributed by atoms with Crippen molar-refractivity contribution in [3.63, 3.8) is 0 Å². The van der Waals surface area contributed by atoms with Crippen molar-refractivity contribution < 1.29 is 4.90 Å². The Morgan fingerprint density at radius 1 is 1.00 bits per heavy atom. The van der Waals surface area contributed by atoms with E-state index < -0.39 is 0 Å². The zero-order chi connectivity index (χ0) is 21.6. The third-order valence-electron chi connectivity index (χ3n) is 7.24. The van der Waals surface area contributed by atoms with E-state index in [2.05, 4.69) is 73.5 Å². The van der Waals surface area contributed by atoms with Crippen molar-refractivity contribution in [2.24, 2.45) is 0 Å². The molecule has 0 bridgehead atoms. The van der Waals surface area contributed by atoms with Gasteiger partial charge in [0, 0.05) is 17.0 Å². The third-order valence-corrected chi connectivity index (χ3v) is 7.24. The number of fused-ring (bicyclic) bond motifs is 1. The molecule has 0 unspecified atom stereocenters. The number of hydrogen-bond donors (Lipinski definition) is 1. The van der Waals surface area contributed by atoms with Crippen LogP contribution < -0.4 is 9.80 Å². The second-order valence-electron chi connectivity index (χ2n) is 10.4. The lowest BCUT2D eigenvalue weighted by molar-refractivity contribution is -0.925. The quantitative estimate of drug-likeness (QED) is 0.706. The number of benzene rings is 1. The standard InChI is InChI=1S/C26H35N5/c1-19-24(20-10-6-5-7-11-20)25-27-22(26(2,3)4)18-23(31(25)28-19)30-16-14-29(15-17-30)21-12-8-9-13-21/h5-7,10-11,18,21H,8-9,12-17H2,1-4H3/p+1. The Bertz CT molecular complexity index is 1050. The molecule has 2 aromatic heterocycles. The average Bonchev–Trinajstić information content (AvgIpc) is 3.40. The molecule has 1 aliphatic carbocycles. The molecule has 5 rings (SSSR count). The predicted octanol–water partition coefficient (Wildman–Crippen LogP) is 3.65. The van der Waals surface area contributed by atoms with E-state index in [1.54, 1.807) is 0 Å². The highest BCUT2D eigenvalue weighted by atomic mass is 15.4. The number of nitrogens with one attached hydrogen (secondary N) is 1. The van der Waals surface area contributed by atoms with Gasteiger partial charge in [0.05, 0.1) is 43.6 Å². The molecule has 3 heterocycles. The van der Waals surface area contributed by atoms with E-state index in [-0.39, 0.29) is 5.41 Å². The van der Waals surface area contributed by atoms with Gasteiger partial charge < -0.3 is 9.80 Å². The fraction of sp³-hybridized carbons (Fsp3) is 0.538. The van der Waals surface area contributed by atoms with Gasteiger partial charge in [0.25, 0.3) is 0 Å². The molecule has 31 heavy (non-hydrogen) atoms. The molecule has 1 saturated heterocycles. The highest BCUT2D eigenvalue weighted by Gasteiger charge is 2.31. The van der Waals surface area contributed by atoms with Crippen LogP contribution in [0.1, 0.15) is 57.8 Å². The topological polar surface area (TPSA) is 37.9 Å². The maximum Gasteiger partial charge on any atom is 0.165 e. The Morgan fingerprint density at radius 2 is 1.68 bits per heavy atom. The minimum absolute atomic E-state index is 0.0143. The van der Waals surface area contributed by atoms with Crippen LogP contribution in [0.5, 0.6) is 0 Å². The van der Waals surface area contributed by atoms with Crippen LogP contribution in [0.4, 0.5) is 5.82 Å². The summed E-state index contributed by atoms with van der Waals surface area (Å²) in [6, 6.07) is 13.8. The molecular weight excluding hydrogens is 382 g/mol. The summed E-state index contributed by atoms with van der Waals surface area (Å²) in [6.45, 7) is 13.5. The van der Waals surface area contributed by atoms with Gasteiger partial charge in [-0.2, -0.15) is 9.61 Å². The molecule has 0 spiro atoms. The van der Waals surface area contributed by atoms with E-state index in [0.717, 1.165) is 41.7 Å². The largest absolute Gasteiger partial charge is 0.345 e. The lowest BCUT2D eigenvalue weighted by atomic mass is 9.91. The van der Waals surface area contributed by atoms with Gasteiger partial charge in [0.15, 0.2) is 5.65 Å². The van der Waals surface area contributed by atoms with Crippen molar-refractivity contribution in [3.05, 3.63) is 47.8 Å². The lowest BCUT2D eigenvalue weighted by Gasteiger charge is -2.36.